The van der Waals surface area contributed by atoms with E-state index < -0.39 is 0 Å². The number of thiophene rings is 1. The number of methoxy groups -OCH3 is 1. The molecule has 3 nitrogen and oxygen atoms in total. The van der Waals surface area contributed by atoms with Gasteiger partial charge in [-0.15, -0.1) is 11.3 Å². The SMILES string of the molecule is COC(=O)c1c(C)csc1-n1c(C)ccc1C. The minimum absolute atomic E-state index is 0.272. The second-order valence-corrected chi connectivity index (χ2v) is 4.90. The maximum absolute atomic E-state index is 11.8. The lowest BCUT2D eigenvalue weighted by atomic mass is 10.2. The van der Waals surface area contributed by atoms with Gasteiger partial charge in [-0.25, -0.2) is 4.79 Å². The fourth-order valence-electron chi connectivity index (χ4n) is 1.93. The number of esters is 1. The number of carbonyl (C=O) groups is 1. The molecule has 0 amide bonds. The first kappa shape index (κ1) is 11.9. The van der Waals surface area contributed by atoms with Crippen molar-refractivity contribution < 1.29 is 9.53 Å². The molecule has 0 aliphatic heterocycles. The van der Waals surface area contributed by atoms with E-state index in [1.165, 1.54) is 7.11 Å². The zero-order valence-electron chi connectivity index (χ0n) is 10.4. The molecular weight excluding hydrogens is 234 g/mol. The minimum Gasteiger partial charge on any atom is -0.465 e. The molecule has 2 rings (SSSR count). The first-order valence-corrected chi connectivity index (χ1v) is 6.26. The van der Waals surface area contributed by atoms with Crippen LogP contribution in [0.15, 0.2) is 17.5 Å². The number of nitrogens with zero attached hydrogens (tertiary/aromatic N) is 1. The normalized spacial score (nSPS) is 10.6. The van der Waals surface area contributed by atoms with Gasteiger partial charge in [0.1, 0.15) is 5.00 Å². The molecule has 90 valence electrons. The topological polar surface area (TPSA) is 31.2 Å². The summed E-state index contributed by atoms with van der Waals surface area (Å²) in [6, 6.07) is 4.09. The van der Waals surface area contributed by atoms with E-state index in [4.69, 9.17) is 4.74 Å². The van der Waals surface area contributed by atoms with Crippen LogP contribution in [0.5, 0.6) is 0 Å². The summed E-state index contributed by atoms with van der Waals surface area (Å²) in [7, 11) is 1.42. The molecular formula is C13H15NO2S. The van der Waals surface area contributed by atoms with E-state index in [0.717, 1.165) is 22.0 Å². The molecule has 0 aliphatic rings. The van der Waals surface area contributed by atoms with Crippen LogP contribution < -0.4 is 0 Å². The third kappa shape index (κ3) is 1.89. The van der Waals surface area contributed by atoms with E-state index in [0.29, 0.717) is 5.56 Å². The molecule has 0 saturated carbocycles. The highest BCUT2D eigenvalue weighted by Crippen LogP contribution is 2.29. The lowest BCUT2D eigenvalue weighted by molar-refractivity contribution is 0.0600. The van der Waals surface area contributed by atoms with Gasteiger partial charge in [0.25, 0.3) is 0 Å². The summed E-state index contributed by atoms with van der Waals surface area (Å²) >= 11 is 1.57. The number of hydrogen-bond acceptors (Lipinski definition) is 3. The standard InChI is InChI=1S/C13H15NO2S/c1-8-7-17-12(11(8)13(15)16-4)14-9(2)5-6-10(14)3/h5-7H,1-4H3. The predicted octanol–water partition coefficient (Wildman–Crippen LogP) is 3.25. The number of carbonyl (C=O) groups excluding carboxylic acids is 1. The Morgan fingerprint density at radius 3 is 2.35 bits per heavy atom. The molecule has 0 spiro atoms. The van der Waals surface area contributed by atoms with E-state index in [1.807, 2.05) is 38.3 Å². The van der Waals surface area contributed by atoms with Crippen molar-refractivity contribution >= 4 is 17.3 Å². The molecule has 0 aliphatic carbocycles. The third-order valence-electron chi connectivity index (χ3n) is 2.82. The van der Waals surface area contributed by atoms with Gasteiger partial charge in [0.05, 0.1) is 12.7 Å². The van der Waals surface area contributed by atoms with Gasteiger partial charge in [0, 0.05) is 11.4 Å². The Bertz CT molecular complexity index is 546. The number of hydrogen-bond donors (Lipinski definition) is 0. The summed E-state index contributed by atoms with van der Waals surface area (Å²) in [5, 5.41) is 2.93. The van der Waals surface area contributed by atoms with Gasteiger partial charge in [-0.2, -0.15) is 0 Å². The third-order valence-corrected chi connectivity index (χ3v) is 3.90. The molecule has 0 atom stereocenters. The highest BCUT2D eigenvalue weighted by atomic mass is 32.1. The fraction of sp³-hybridized carbons (Fsp3) is 0.308. The van der Waals surface area contributed by atoms with Gasteiger partial charge in [-0.1, -0.05) is 0 Å². The summed E-state index contributed by atoms with van der Waals surface area (Å²) in [6.07, 6.45) is 0. The summed E-state index contributed by atoms with van der Waals surface area (Å²) < 4.78 is 6.94. The molecule has 4 heteroatoms. The van der Waals surface area contributed by atoms with Crippen LogP contribution in [0, 0.1) is 20.8 Å². The Morgan fingerprint density at radius 2 is 1.82 bits per heavy atom. The molecule has 2 aromatic heterocycles. The Balaban J connectivity index is 2.65. The van der Waals surface area contributed by atoms with Crippen LogP contribution in [0.25, 0.3) is 5.00 Å². The van der Waals surface area contributed by atoms with E-state index in [2.05, 4.69) is 4.57 Å². The van der Waals surface area contributed by atoms with Crippen LogP contribution in [-0.4, -0.2) is 17.6 Å². The predicted molar refractivity (Wildman–Crippen MR) is 69.2 cm³/mol. The Labute approximate surface area is 105 Å². The van der Waals surface area contributed by atoms with Crippen LogP contribution in [0.3, 0.4) is 0 Å². The van der Waals surface area contributed by atoms with E-state index >= 15 is 0 Å². The summed E-state index contributed by atoms with van der Waals surface area (Å²) in [6.45, 7) is 5.99. The van der Waals surface area contributed by atoms with Crippen molar-refractivity contribution in [3.05, 3.63) is 40.0 Å². The number of aromatic nitrogens is 1. The van der Waals surface area contributed by atoms with Crippen LogP contribution >= 0.6 is 11.3 Å². The smallest absolute Gasteiger partial charge is 0.341 e. The van der Waals surface area contributed by atoms with Crippen molar-refractivity contribution in [1.82, 2.24) is 4.57 Å². The van der Waals surface area contributed by atoms with E-state index in [-0.39, 0.29) is 5.97 Å². The first-order valence-electron chi connectivity index (χ1n) is 5.38. The molecule has 2 aromatic rings. The van der Waals surface area contributed by atoms with Crippen LogP contribution in [0.2, 0.25) is 0 Å². The lowest BCUT2D eigenvalue weighted by Gasteiger charge is -2.09. The van der Waals surface area contributed by atoms with E-state index in [9.17, 15) is 4.79 Å². The van der Waals surface area contributed by atoms with Gasteiger partial charge in [-0.3, -0.25) is 0 Å². The average Bonchev–Trinajstić information content (AvgIpc) is 2.82. The zero-order valence-corrected chi connectivity index (χ0v) is 11.2. The second kappa shape index (κ2) is 4.37. The van der Waals surface area contributed by atoms with Gasteiger partial charge < -0.3 is 9.30 Å². The van der Waals surface area contributed by atoms with Crippen molar-refractivity contribution in [2.45, 2.75) is 20.8 Å². The molecule has 0 radical (unpaired) electrons. The van der Waals surface area contributed by atoms with Gasteiger partial charge >= 0.3 is 5.97 Å². The largest absolute Gasteiger partial charge is 0.465 e. The van der Waals surface area contributed by atoms with E-state index in [1.54, 1.807) is 11.3 Å². The van der Waals surface area contributed by atoms with Crippen molar-refractivity contribution in [3.8, 4) is 5.00 Å². The van der Waals surface area contributed by atoms with Crippen molar-refractivity contribution in [2.24, 2.45) is 0 Å². The molecule has 0 unspecified atom stereocenters. The monoisotopic (exact) mass is 249 g/mol. The maximum Gasteiger partial charge on any atom is 0.341 e. The number of rotatable bonds is 2. The molecule has 17 heavy (non-hydrogen) atoms. The fourth-order valence-corrected chi connectivity index (χ4v) is 3.10. The van der Waals surface area contributed by atoms with Crippen LogP contribution in [0.4, 0.5) is 0 Å². The molecule has 0 fully saturated rings. The second-order valence-electron chi connectivity index (χ2n) is 4.04. The summed E-state index contributed by atoms with van der Waals surface area (Å²) in [5.74, 6) is -0.272. The van der Waals surface area contributed by atoms with Crippen molar-refractivity contribution in [1.29, 1.82) is 0 Å². The maximum atomic E-state index is 11.8. The molecule has 0 aromatic carbocycles. The van der Waals surface area contributed by atoms with Crippen molar-refractivity contribution in [2.75, 3.05) is 7.11 Å². The minimum atomic E-state index is -0.272. The number of ether oxygens (including phenoxy) is 1. The quantitative estimate of drug-likeness (QED) is 0.765. The Hall–Kier alpha value is -1.55. The summed E-state index contributed by atoms with van der Waals surface area (Å²) in [5.41, 5.74) is 3.87. The highest BCUT2D eigenvalue weighted by molar-refractivity contribution is 7.13. The molecule has 2 heterocycles. The van der Waals surface area contributed by atoms with Crippen LogP contribution in [0.1, 0.15) is 27.3 Å². The van der Waals surface area contributed by atoms with Gasteiger partial charge in [0.2, 0.25) is 0 Å². The Kier molecular flexibility index (Phi) is 3.07. The molecule has 0 N–H and O–H groups in total. The Morgan fingerprint density at radius 1 is 1.24 bits per heavy atom. The zero-order chi connectivity index (χ0) is 12.6. The first-order chi connectivity index (χ1) is 8.06. The summed E-state index contributed by atoms with van der Waals surface area (Å²) in [4.78, 5) is 11.8. The molecule has 0 saturated heterocycles. The van der Waals surface area contributed by atoms with Gasteiger partial charge in [0.15, 0.2) is 0 Å². The highest BCUT2D eigenvalue weighted by Gasteiger charge is 2.20. The van der Waals surface area contributed by atoms with Crippen LogP contribution in [-0.2, 0) is 4.74 Å². The average molecular weight is 249 g/mol. The van der Waals surface area contributed by atoms with Crippen molar-refractivity contribution in [3.63, 3.8) is 0 Å². The van der Waals surface area contributed by atoms with Gasteiger partial charge in [-0.05, 0) is 43.8 Å². The molecule has 0 bridgehead atoms. The lowest BCUT2D eigenvalue weighted by Crippen LogP contribution is -2.08. The number of aryl methyl sites for hydroxylation is 3.